The topological polar surface area (TPSA) is 91.0 Å². The van der Waals surface area contributed by atoms with Crippen LogP contribution in [0.5, 0.6) is 11.5 Å². The number of aryl methyl sites for hydroxylation is 2. The van der Waals surface area contributed by atoms with E-state index < -0.39 is 6.10 Å². The Morgan fingerprint density at radius 1 is 1.06 bits per heavy atom. The molecule has 2 aliphatic rings. The molecule has 1 atom stereocenters. The molecule has 198 valence electrons. The maximum atomic E-state index is 10.5. The molecule has 0 spiro atoms. The van der Waals surface area contributed by atoms with Gasteiger partial charge in [-0.3, -0.25) is 4.79 Å². The summed E-state index contributed by atoms with van der Waals surface area (Å²) in [5.74, 6) is 2.01. The number of carbonyl (C=O) groups is 1. The molecular formula is C30H43NO5. The molecule has 0 aromatic heterocycles. The number of primary amides is 1. The number of amides is 1. The number of hydrogen-bond donors (Lipinski definition) is 2. The molecule has 1 amide bonds. The summed E-state index contributed by atoms with van der Waals surface area (Å²) in [5.41, 5.74) is 8.61. The van der Waals surface area contributed by atoms with E-state index in [9.17, 15) is 9.90 Å². The highest BCUT2D eigenvalue weighted by molar-refractivity contribution is 5.73. The Morgan fingerprint density at radius 2 is 1.75 bits per heavy atom. The Bertz CT molecular complexity index is 923. The number of rotatable bonds is 12. The van der Waals surface area contributed by atoms with E-state index in [4.69, 9.17) is 19.9 Å². The molecular weight excluding hydrogens is 454 g/mol. The third-order valence-corrected chi connectivity index (χ3v) is 6.87. The molecule has 0 radical (unpaired) electrons. The largest absolute Gasteiger partial charge is 0.486 e. The zero-order valence-corrected chi connectivity index (χ0v) is 21.9. The zero-order valence-electron chi connectivity index (χ0n) is 21.9. The maximum Gasteiger partial charge on any atom is 0.217 e. The molecule has 6 heteroatoms. The summed E-state index contributed by atoms with van der Waals surface area (Å²) in [5, 5.41) is 10.4. The van der Waals surface area contributed by atoms with Crippen molar-refractivity contribution in [2.75, 3.05) is 19.8 Å². The van der Waals surface area contributed by atoms with Gasteiger partial charge in [0.2, 0.25) is 5.91 Å². The van der Waals surface area contributed by atoms with Crippen molar-refractivity contribution in [2.24, 2.45) is 11.7 Å². The standard InChI is InChI=1S/C18H26O4.C12H17NO/c1-2-7-20-15-10-13(11-15)3-5-16(19)14-4-6-17-18(12-14)22-9-8-21-17;1-2-10-6-8-11(9-7-10)4-3-5-12(13)14/h4,6,12-13,15-16,19H,2-3,5,7-11H2,1H3;6-9H,2-5H2,1H3,(H2,13,14). The summed E-state index contributed by atoms with van der Waals surface area (Å²) in [6.07, 6.45) is 8.60. The number of carbonyl (C=O) groups excluding carboxylic acids is 1. The Morgan fingerprint density at radius 3 is 2.42 bits per heavy atom. The zero-order chi connectivity index (χ0) is 25.8. The minimum Gasteiger partial charge on any atom is -0.486 e. The number of benzene rings is 2. The molecule has 1 fully saturated rings. The van der Waals surface area contributed by atoms with E-state index in [0.29, 0.717) is 31.7 Å². The molecule has 6 nitrogen and oxygen atoms in total. The number of nitrogens with two attached hydrogens (primary N) is 1. The molecule has 1 saturated carbocycles. The van der Waals surface area contributed by atoms with E-state index in [1.54, 1.807) is 0 Å². The van der Waals surface area contributed by atoms with Gasteiger partial charge in [0.05, 0.1) is 12.2 Å². The molecule has 3 N–H and O–H groups in total. The van der Waals surface area contributed by atoms with Crippen LogP contribution < -0.4 is 15.2 Å². The Kier molecular flexibility index (Phi) is 11.6. The van der Waals surface area contributed by atoms with Crippen LogP contribution in [0.1, 0.15) is 81.6 Å². The van der Waals surface area contributed by atoms with Crippen molar-refractivity contribution in [3.8, 4) is 11.5 Å². The van der Waals surface area contributed by atoms with Gasteiger partial charge in [-0.1, -0.05) is 44.2 Å². The van der Waals surface area contributed by atoms with Crippen molar-refractivity contribution in [3.05, 3.63) is 59.2 Å². The lowest BCUT2D eigenvalue weighted by Gasteiger charge is -2.35. The van der Waals surface area contributed by atoms with Crippen LogP contribution >= 0.6 is 0 Å². The second-order valence-electron chi connectivity index (χ2n) is 9.82. The average Bonchev–Trinajstić information content (AvgIpc) is 2.87. The van der Waals surface area contributed by atoms with Gasteiger partial charge in [0.15, 0.2) is 11.5 Å². The van der Waals surface area contributed by atoms with Gasteiger partial charge in [0.25, 0.3) is 0 Å². The minimum atomic E-state index is -0.425. The monoisotopic (exact) mass is 497 g/mol. The summed E-state index contributed by atoms with van der Waals surface area (Å²) < 4.78 is 16.8. The average molecular weight is 498 g/mol. The van der Waals surface area contributed by atoms with E-state index in [2.05, 4.69) is 38.1 Å². The molecule has 0 bridgehead atoms. The van der Waals surface area contributed by atoms with Gasteiger partial charge in [0.1, 0.15) is 13.2 Å². The van der Waals surface area contributed by atoms with Crippen molar-refractivity contribution in [1.29, 1.82) is 0 Å². The van der Waals surface area contributed by atoms with Gasteiger partial charge in [-0.25, -0.2) is 0 Å². The van der Waals surface area contributed by atoms with Crippen LogP contribution in [0.25, 0.3) is 0 Å². The number of hydrogen-bond acceptors (Lipinski definition) is 5. The molecule has 0 saturated heterocycles. The van der Waals surface area contributed by atoms with Crippen molar-refractivity contribution in [2.45, 2.75) is 83.8 Å². The first-order valence-corrected chi connectivity index (χ1v) is 13.5. The van der Waals surface area contributed by atoms with E-state index in [1.165, 1.54) is 11.1 Å². The predicted octanol–water partition coefficient (Wildman–Crippen LogP) is 5.53. The van der Waals surface area contributed by atoms with E-state index in [0.717, 1.165) is 75.0 Å². The smallest absolute Gasteiger partial charge is 0.217 e. The Labute approximate surface area is 216 Å². The Balaban J connectivity index is 0.000000223. The Hall–Kier alpha value is -2.57. The molecule has 2 aromatic rings. The lowest BCUT2D eigenvalue weighted by Crippen LogP contribution is -2.31. The number of fused-ring (bicyclic) bond motifs is 1. The highest BCUT2D eigenvalue weighted by Gasteiger charge is 2.30. The van der Waals surface area contributed by atoms with E-state index in [1.807, 2.05) is 18.2 Å². The third kappa shape index (κ3) is 9.14. The van der Waals surface area contributed by atoms with Gasteiger partial charge >= 0.3 is 0 Å². The number of aliphatic hydroxyl groups excluding tert-OH is 1. The molecule has 2 aromatic carbocycles. The first-order chi connectivity index (χ1) is 17.5. The molecule has 1 aliphatic heterocycles. The molecule has 1 heterocycles. The van der Waals surface area contributed by atoms with Crippen molar-refractivity contribution < 1.29 is 24.1 Å². The van der Waals surface area contributed by atoms with Crippen molar-refractivity contribution >= 4 is 5.91 Å². The number of aliphatic hydroxyl groups is 1. The minimum absolute atomic E-state index is 0.213. The van der Waals surface area contributed by atoms with Crippen LogP contribution in [0.3, 0.4) is 0 Å². The first kappa shape index (κ1) is 28.0. The van der Waals surface area contributed by atoms with Crippen LogP contribution in [0.15, 0.2) is 42.5 Å². The predicted molar refractivity (Wildman–Crippen MR) is 142 cm³/mol. The van der Waals surface area contributed by atoms with Gasteiger partial charge in [-0.05, 0) is 86.1 Å². The number of ether oxygens (including phenoxy) is 3. The van der Waals surface area contributed by atoms with Crippen LogP contribution in [-0.2, 0) is 22.4 Å². The van der Waals surface area contributed by atoms with Gasteiger partial charge in [-0.2, -0.15) is 0 Å². The lowest BCUT2D eigenvalue weighted by atomic mass is 9.78. The lowest BCUT2D eigenvalue weighted by molar-refractivity contribution is -0.118. The summed E-state index contributed by atoms with van der Waals surface area (Å²) in [6.45, 7) is 6.32. The summed E-state index contributed by atoms with van der Waals surface area (Å²) >= 11 is 0. The highest BCUT2D eigenvalue weighted by atomic mass is 16.6. The summed E-state index contributed by atoms with van der Waals surface area (Å²) in [4.78, 5) is 10.5. The fourth-order valence-electron chi connectivity index (χ4n) is 4.57. The third-order valence-electron chi connectivity index (χ3n) is 6.87. The molecule has 4 rings (SSSR count). The van der Waals surface area contributed by atoms with Crippen LogP contribution in [0, 0.1) is 5.92 Å². The van der Waals surface area contributed by atoms with Gasteiger partial charge < -0.3 is 25.1 Å². The quantitative estimate of drug-likeness (QED) is 0.402. The molecule has 1 aliphatic carbocycles. The summed E-state index contributed by atoms with van der Waals surface area (Å²) in [7, 11) is 0. The van der Waals surface area contributed by atoms with Crippen LogP contribution in [0.2, 0.25) is 0 Å². The fourth-order valence-corrected chi connectivity index (χ4v) is 4.57. The highest BCUT2D eigenvalue weighted by Crippen LogP contribution is 2.37. The second-order valence-corrected chi connectivity index (χ2v) is 9.82. The first-order valence-electron chi connectivity index (χ1n) is 13.5. The maximum absolute atomic E-state index is 10.5. The van der Waals surface area contributed by atoms with E-state index >= 15 is 0 Å². The van der Waals surface area contributed by atoms with Crippen molar-refractivity contribution in [3.63, 3.8) is 0 Å². The van der Waals surface area contributed by atoms with Crippen LogP contribution in [-0.4, -0.2) is 36.9 Å². The normalized spacial score (nSPS) is 19.0. The van der Waals surface area contributed by atoms with Gasteiger partial charge in [0, 0.05) is 13.0 Å². The molecule has 1 unspecified atom stereocenters. The van der Waals surface area contributed by atoms with Crippen LogP contribution in [0.4, 0.5) is 0 Å². The van der Waals surface area contributed by atoms with Crippen molar-refractivity contribution in [1.82, 2.24) is 0 Å². The SMILES string of the molecule is CCCOC1CC(CCC(O)c2ccc3c(c2)OCCO3)C1.CCc1ccc(CCCC(N)=O)cc1. The van der Waals surface area contributed by atoms with E-state index in [-0.39, 0.29) is 5.91 Å². The fraction of sp³-hybridized carbons (Fsp3) is 0.567. The molecule has 36 heavy (non-hydrogen) atoms. The summed E-state index contributed by atoms with van der Waals surface area (Å²) in [6, 6.07) is 14.3. The second kappa shape index (κ2) is 14.9. The van der Waals surface area contributed by atoms with Gasteiger partial charge in [-0.15, -0.1) is 0 Å².